The van der Waals surface area contributed by atoms with Gasteiger partial charge in [0.15, 0.2) is 0 Å². The Morgan fingerprint density at radius 3 is 2.60 bits per heavy atom. The number of nitrogens with zero attached hydrogens (tertiary/aromatic N) is 3. The molecule has 2 atom stereocenters. The summed E-state index contributed by atoms with van der Waals surface area (Å²) in [5.74, 6) is 0. The maximum atomic E-state index is 12.6. The molecule has 6 heteroatoms. The van der Waals surface area contributed by atoms with Gasteiger partial charge in [-0.05, 0) is 49.4 Å². The molecule has 2 saturated heterocycles. The van der Waals surface area contributed by atoms with Crippen molar-refractivity contribution in [3.05, 3.63) is 70.1 Å². The summed E-state index contributed by atoms with van der Waals surface area (Å²) in [6.45, 7) is 2.75. The quantitative estimate of drug-likeness (QED) is 0.724. The summed E-state index contributed by atoms with van der Waals surface area (Å²) in [6, 6.07) is 18.8. The Bertz CT molecular complexity index is 1120. The van der Waals surface area contributed by atoms with Crippen molar-refractivity contribution in [1.29, 1.82) is 5.26 Å². The number of hydrogen-bond donors (Lipinski definition) is 1. The zero-order valence-corrected chi connectivity index (χ0v) is 17.0. The maximum absolute atomic E-state index is 12.6. The largest absolute Gasteiger partial charge is 0.373 e. The van der Waals surface area contributed by atoms with Crippen LogP contribution in [0.25, 0.3) is 11.0 Å². The number of benzene rings is 2. The van der Waals surface area contributed by atoms with Gasteiger partial charge in [0.2, 0.25) is 0 Å². The zero-order valence-electron chi connectivity index (χ0n) is 17.0. The molecule has 6 nitrogen and oxygen atoms in total. The Morgan fingerprint density at radius 2 is 1.83 bits per heavy atom. The van der Waals surface area contributed by atoms with Gasteiger partial charge in [-0.15, -0.1) is 0 Å². The number of nitriles is 1. The Balaban J connectivity index is 1.29. The van der Waals surface area contributed by atoms with E-state index in [1.54, 1.807) is 6.07 Å². The summed E-state index contributed by atoms with van der Waals surface area (Å²) in [7, 11) is 0. The number of aromatic nitrogens is 2. The van der Waals surface area contributed by atoms with E-state index < -0.39 is 0 Å². The molecule has 1 aromatic heterocycles. The molecule has 30 heavy (non-hydrogen) atoms. The van der Waals surface area contributed by atoms with E-state index in [2.05, 4.69) is 40.2 Å². The number of H-pyrrole nitrogens is 1. The molecule has 2 aliphatic rings. The Labute approximate surface area is 175 Å². The van der Waals surface area contributed by atoms with Crippen LogP contribution in [0, 0.1) is 11.3 Å². The first-order valence-electron chi connectivity index (χ1n) is 10.8. The third kappa shape index (κ3) is 3.55. The van der Waals surface area contributed by atoms with Crippen LogP contribution in [0.5, 0.6) is 0 Å². The minimum absolute atomic E-state index is 0.0752. The van der Waals surface area contributed by atoms with E-state index in [0.717, 1.165) is 56.4 Å². The van der Waals surface area contributed by atoms with Gasteiger partial charge in [-0.2, -0.15) is 5.26 Å². The molecular formula is C24H26N4O2. The van der Waals surface area contributed by atoms with Crippen molar-refractivity contribution in [3.63, 3.8) is 0 Å². The van der Waals surface area contributed by atoms with Crippen LogP contribution < -0.4 is 5.69 Å². The second-order valence-corrected chi connectivity index (χ2v) is 8.36. The molecule has 0 saturated carbocycles. The van der Waals surface area contributed by atoms with Crippen LogP contribution in [-0.4, -0.2) is 40.2 Å². The van der Waals surface area contributed by atoms with Gasteiger partial charge >= 0.3 is 5.69 Å². The molecule has 2 aromatic carbocycles. The number of nitrogens with one attached hydrogen (secondary N) is 1. The highest BCUT2D eigenvalue weighted by Crippen LogP contribution is 2.33. The fraction of sp³-hybridized carbons (Fsp3) is 0.417. The van der Waals surface area contributed by atoms with Crippen LogP contribution in [0.3, 0.4) is 0 Å². The van der Waals surface area contributed by atoms with Gasteiger partial charge in [0, 0.05) is 31.8 Å². The lowest BCUT2D eigenvalue weighted by atomic mass is 9.94. The normalized spacial score (nSPS) is 23.4. The maximum Gasteiger partial charge on any atom is 0.326 e. The van der Waals surface area contributed by atoms with Crippen LogP contribution >= 0.6 is 0 Å². The average Bonchev–Trinajstić information content (AvgIpc) is 3.14. The molecule has 0 radical (unpaired) electrons. The summed E-state index contributed by atoms with van der Waals surface area (Å²) in [5.41, 5.74) is 3.41. The second-order valence-electron chi connectivity index (χ2n) is 8.36. The van der Waals surface area contributed by atoms with E-state index in [1.165, 1.54) is 5.56 Å². The van der Waals surface area contributed by atoms with Gasteiger partial charge in [-0.3, -0.25) is 4.57 Å². The Morgan fingerprint density at radius 1 is 1.03 bits per heavy atom. The second kappa shape index (κ2) is 8.10. The predicted octanol–water partition coefficient (Wildman–Crippen LogP) is 3.76. The van der Waals surface area contributed by atoms with Crippen LogP contribution in [0.15, 0.2) is 53.3 Å². The summed E-state index contributed by atoms with van der Waals surface area (Å²) in [5, 5.41) is 9.22. The molecule has 3 aromatic rings. The molecule has 2 aliphatic heterocycles. The lowest BCUT2D eigenvalue weighted by Crippen LogP contribution is -2.45. The standard InChI is InChI=1S/C24H26N4O2/c25-16-17-6-7-21-22(14-17)28(24(29)26-21)19-8-11-27(12-9-19)20-10-13-30-23(15-20)18-4-2-1-3-5-18/h1-7,14,19-20,23H,8-13,15H2,(H,26,29). The average molecular weight is 402 g/mol. The molecule has 5 rings (SSSR count). The third-order valence-corrected chi connectivity index (χ3v) is 6.66. The molecule has 0 amide bonds. The van der Waals surface area contributed by atoms with Crippen LogP contribution in [0.2, 0.25) is 0 Å². The van der Waals surface area contributed by atoms with Gasteiger partial charge in [-0.25, -0.2) is 4.79 Å². The minimum Gasteiger partial charge on any atom is -0.373 e. The van der Waals surface area contributed by atoms with Crippen molar-refractivity contribution >= 4 is 11.0 Å². The van der Waals surface area contributed by atoms with Gasteiger partial charge in [0.1, 0.15) is 0 Å². The highest BCUT2D eigenvalue weighted by Gasteiger charge is 2.32. The summed E-state index contributed by atoms with van der Waals surface area (Å²) in [4.78, 5) is 18.1. The number of imidazole rings is 1. The van der Waals surface area contributed by atoms with Crippen molar-refractivity contribution in [3.8, 4) is 6.07 Å². The number of hydrogen-bond acceptors (Lipinski definition) is 4. The number of fused-ring (bicyclic) bond motifs is 1. The van der Waals surface area contributed by atoms with Crippen LogP contribution in [0.1, 0.15) is 49.0 Å². The molecule has 1 N–H and O–H groups in total. The first-order valence-corrected chi connectivity index (χ1v) is 10.8. The topological polar surface area (TPSA) is 74.0 Å². The summed E-state index contributed by atoms with van der Waals surface area (Å²) in [6.07, 6.45) is 4.14. The van der Waals surface area contributed by atoms with Gasteiger partial charge < -0.3 is 14.6 Å². The first kappa shape index (κ1) is 19.1. The smallest absolute Gasteiger partial charge is 0.326 e. The lowest BCUT2D eigenvalue weighted by molar-refractivity contribution is -0.0346. The van der Waals surface area contributed by atoms with Crippen molar-refractivity contribution in [2.24, 2.45) is 0 Å². The highest BCUT2D eigenvalue weighted by atomic mass is 16.5. The predicted molar refractivity (Wildman–Crippen MR) is 115 cm³/mol. The molecule has 3 heterocycles. The van der Waals surface area contributed by atoms with Crippen molar-refractivity contribution < 1.29 is 4.74 Å². The molecule has 0 bridgehead atoms. The minimum atomic E-state index is -0.0752. The molecular weight excluding hydrogens is 376 g/mol. The fourth-order valence-corrected chi connectivity index (χ4v) is 5.07. The SMILES string of the molecule is N#Cc1ccc2[nH]c(=O)n(C3CCN(C4CCOC(c5ccccc5)C4)CC3)c2c1. The number of aromatic amines is 1. The number of piperidine rings is 1. The van der Waals surface area contributed by atoms with E-state index in [0.29, 0.717) is 11.6 Å². The molecule has 0 aliphatic carbocycles. The van der Waals surface area contributed by atoms with Crippen LogP contribution in [-0.2, 0) is 4.74 Å². The van der Waals surface area contributed by atoms with Crippen LogP contribution in [0.4, 0.5) is 0 Å². The Hall–Kier alpha value is -2.88. The van der Waals surface area contributed by atoms with Crippen molar-refractivity contribution in [1.82, 2.24) is 14.5 Å². The van der Waals surface area contributed by atoms with E-state index in [4.69, 9.17) is 4.74 Å². The van der Waals surface area contributed by atoms with E-state index in [1.807, 2.05) is 22.8 Å². The van der Waals surface area contributed by atoms with E-state index in [-0.39, 0.29) is 17.8 Å². The zero-order chi connectivity index (χ0) is 20.5. The molecule has 2 unspecified atom stereocenters. The third-order valence-electron chi connectivity index (χ3n) is 6.66. The van der Waals surface area contributed by atoms with Gasteiger partial charge in [0.25, 0.3) is 0 Å². The van der Waals surface area contributed by atoms with Gasteiger partial charge in [-0.1, -0.05) is 30.3 Å². The fourth-order valence-electron chi connectivity index (χ4n) is 5.07. The number of ether oxygens (including phenoxy) is 1. The first-order chi connectivity index (χ1) is 14.7. The summed E-state index contributed by atoms with van der Waals surface area (Å²) >= 11 is 0. The number of likely N-dealkylation sites (tertiary alicyclic amines) is 1. The van der Waals surface area contributed by atoms with Crippen molar-refractivity contribution in [2.45, 2.75) is 43.9 Å². The van der Waals surface area contributed by atoms with Gasteiger partial charge in [0.05, 0.1) is 28.8 Å². The monoisotopic (exact) mass is 402 g/mol. The summed E-state index contributed by atoms with van der Waals surface area (Å²) < 4.78 is 7.91. The Kier molecular flexibility index (Phi) is 5.16. The van der Waals surface area contributed by atoms with Crippen molar-refractivity contribution in [2.75, 3.05) is 19.7 Å². The molecule has 154 valence electrons. The molecule has 2 fully saturated rings. The number of rotatable bonds is 3. The van der Waals surface area contributed by atoms with E-state index in [9.17, 15) is 10.1 Å². The highest BCUT2D eigenvalue weighted by molar-refractivity contribution is 5.77. The van der Waals surface area contributed by atoms with E-state index >= 15 is 0 Å². The molecule has 0 spiro atoms. The lowest BCUT2D eigenvalue weighted by Gasteiger charge is -2.41.